The third kappa shape index (κ3) is 4.70. The fourth-order valence-electron chi connectivity index (χ4n) is 2.55. The van der Waals surface area contributed by atoms with Crippen LogP contribution in [-0.4, -0.2) is 41.6 Å². The van der Waals surface area contributed by atoms with Crippen LogP contribution in [0.25, 0.3) is 0 Å². The van der Waals surface area contributed by atoms with E-state index < -0.39 is 42.3 Å². The number of guanidine groups is 1. The molecule has 6 nitrogen and oxygen atoms in total. The number of halogens is 5. The average Bonchev–Trinajstić information content (AvgIpc) is 2.46. The van der Waals surface area contributed by atoms with Gasteiger partial charge >= 0.3 is 6.36 Å². The number of aliphatic imine (C=N–C) groups is 1. The van der Waals surface area contributed by atoms with Gasteiger partial charge in [0.1, 0.15) is 11.6 Å². The minimum atomic E-state index is -4.84. The molecule has 5 N–H and O–H groups in total. The van der Waals surface area contributed by atoms with E-state index in [1.54, 1.807) is 0 Å². The maximum atomic E-state index is 14.2. The van der Waals surface area contributed by atoms with Crippen molar-refractivity contribution in [2.75, 3.05) is 6.54 Å². The summed E-state index contributed by atoms with van der Waals surface area (Å²) in [6.07, 6.45) is -5.13. The van der Waals surface area contributed by atoms with Crippen molar-refractivity contribution in [1.82, 2.24) is 4.90 Å². The first-order valence-corrected chi connectivity index (χ1v) is 7.18. The molecule has 0 bridgehead atoms. The second-order valence-electron chi connectivity index (χ2n) is 5.42. The van der Waals surface area contributed by atoms with Crippen molar-refractivity contribution in [2.24, 2.45) is 16.5 Å². The molecule has 1 atom stereocenters. The highest BCUT2D eigenvalue weighted by Gasteiger charge is 2.48. The monoisotopic (exact) mass is 365 g/mol. The molecule has 1 aromatic rings. The highest BCUT2D eigenvalue weighted by atomic mass is 19.4. The van der Waals surface area contributed by atoms with E-state index in [4.69, 9.17) is 16.9 Å². The van der Waals surface area contributed by atoms with Gasteiger partial charge in [-0.2, -0.15) is 0 Å². The van der Waals surface area contributed by atoms with E-state index in [0.29, 0.717) is 0 Å². The van der Waals surface area contributed by atoms with Gasteiger partial charge in [-0.25, -0.2) is 13.8 Å². The smallest absolute Gasteiger partial charge is 0.406 e. The van der Waals surface area contributed by atoms with E-state index in [2.05, 4.69) is 9.73 Å². The van der Waals surface area contributed by atoms with Crippen LogP contribution in [-0.2, 0) is 0 Å². The van der Waals surface area contributed by atoms with Crippen molar-refractivity contribution >= 4 is 17.5 Å². The van der Waals surface area contributed by atoms with Gasteiger partial charge in [0.2, 0.25) is 0 Å². The first kappa shape index (κ1) is 18.7. The zero-order valence-electron chi connectivity index (χ0n) is 12.9. The number of nitrogens with one attached hydrogen (secondary N) is 1. The van der Waals surface area contributed by atoms with Gasteiger partial charge < -0.3 is 21.1 Å². The maximum Gasteiger partial charge on any atom is 0.573 e. The highest BCUT2D eigenvalue weighted by molar-refractivity contribution is 5.92. The molecule has 138 valence electrons. The van der Waals surface area contributed by atoms with Crippen molar-refractivity contribution in [3.63, 3.8) is 0 Å². The molecule has 1 saturated heterocycles. The number of benzene rings is 1. The average molecular weight is 365 g/mol. The third-order valence-electron chi connectivity index (χ3n) is 3.54. The Morgan fingerprint density at radius 1 is 1.24 bits per heavy atom. The van der Waals surface area contributed by atoms with Crippen LogP contribution in [0.5, 0.6) is 5.75 Å². The molecule has 25 heavy (non-hydrogen) atoms. The first-order chi connectivity index (χ1) is 11.5. The molecule has 1 fully saturated rings. The molecule has 1 unspecified atom stereocenters. The van der Waals surface area contributed by atoms with Gasteiger partial charge in [-0.15, -0.1) is 13.2 Å². The molecule has 11 heteroatoms. The van der Waals surface area contributed by atoms with Gasteiger partial charge in [-0.3, -0.25) is 5.41 Å². The number of hydrogen-bond acceptors (Lipinski definition) is 3. The Hall–Kier alpha value is -2.59. The minimum Gasteiger partial charge on any atom is -0.406 e. The largest absolute Gasteiger partial charge is 0.573 e. The third-order valence-corrected chi connectivity index (χ3v) is 3.54. The molecular formula is C14H16F5N5O. The highest BCUT2D eigenvalue weighted by Crippen LogP contribution is 2.34. The van der Waals surface area contributed by atoms with Gasteiger partial charge in [0.05, 0.1) is 5.69 Å². The number of nitrogens with zero attached hydrogens (tertiary/aromatic N) is 2. The standard InChI is InChI=1S/C14H16F5N5O/c15-13(16)6-1-7-24(12(21)22)10(13)11(20)23-8-2-4-9(5-3-8)25-14(17,18)19/h2-5,10H,1,6-7H2,(H2,20,23)(H3,21,22). The van der Waals surface area contributed by atoms with Gasteiger partial charge in [0, 0.05) is 13.0 Å². The Balaban J connectivity index is 2.25. The van der Waals surface area contributed by atoms with Crippen LogP contribution >= 0.6 is 0 Å². The number of alkyl halides is 5. The molecule has 0 spiro atoms. The molecule has 1 aliphatic rings. The fraction of sp³-hybridized carbons (Fsp3) is 0.429. The van der Waals surface area contributed by atoms with E-state index >= 15 is 0 Å². The summed E-state index contributed by atoms with van der Waals surface area (Å²) in [5.74, 6) is -4.75. The van der Waals surface area contributed by atoms with Gasteiger partial charge in [0.15, 0.2) is 12.0 Å². The van der Waals surface area contributed by atoms with Gasteiger partial charge in [-0.05, 0) is 30.7 Å². The number of rotatable bonds is 3. The Labute approximate surface area is 139 Å². The Bertz CT molecular complexity index is 659. The van der Waals surface area contributed by atoms with Crippen molar-refractivity contribution in [1.29, 1.82) is 5.41 Å². The summed E-state index contributed by atoms with van der Waals surface area (Å²) in [4.78, 5) is 4.78. The first-order valence-electron chi connectivity index (χ1n) is 7.18. The number of likely N-dealkylation sites (tertiary alicyclic amines) is 1. The lowest BCUT2D eigenvalue weighted by atomic mass is 9.97. The lowest BCUT2D eigenvalue weighted by Crippen LogP contribution is -2.61. The molecule has 0 radical (unpaired) electrons. The van der Waals surface area contributed by atoms with E-state index in [9.17, 15) is 22.0 Å². The second kappa shape index (κ2) is 6.73. The number of nitrogens with two attached hydrogens (primary N) is 2. The molecule has 0 amide bonds. The summed E-state index contributed by atoms with van der Waals surface area (Å²) in [6.45, 7) is 0.129. The number of amidine groups is 1. The molecule has 2 rings (SSSR count). The van der Waals surface area contributed by atoms with Crippen LogP contribution in [0.3, 0.4) is 0 Å². The van der Waals surface area contributed by atoms with Crippen LogP contribution in [0.1, 0.15) is 12.8 Å². The molecule has 0 aromatic heterocycles. The van der Waals surface area contributed by atoms with Crippen LogP contribution in [0.15, 0.2) is 29.3 Å². The number of hydrogen-bond donors (Lipinski definition) is 3. The number of ether oxygens (including phenoxy) is 1. The topological polar surface area (TPSA) is 101 Å². The molecular weight excluding hydrogens is 349 g/mol. The Morgan fingerprint density at radius 2 is 1.84 bits per heavy atom. The zero-order valence-corrected chi connectivity index (χ0v) is 12.9. The van der Waals surface area contributed by atoms with Crippen molar-refractivity contribution in [3.8, 4) is 5.75 Å². The molecule has 1 aliphatic heterocycles. The minimum absolute atomic E-state index is 0.0666. The fourth-order valence-corrected chi connectivity index (χ4v) is 2.55. The summed E-state index contributed by atoms with van der Waals surface area (Å²) in [6, 6.07) is 2.58. The van der Waals surface area contributed by atoms with E-state index in [-0.39, 0.29) is 18.7 Å². The summed E-state index contributed by atoms with van der Waals surface area (Å²) < 4.78 is 68.4. The van der Waals surface area contributed by atoms with Crippen LogP contribution < -0.4 is 16.2 Å². The summed E-state index contributed by atoms with van der Waals surface area (Å²) in [7, 11) is 0. The molecule has 0 aliphatic carbocycles. The van der Waals surface area contributed by atoms with Gasteiger partial charge in [0.25, 0.3) is 5.92 Å². The lowest BCUT2D eigenvalue weighted by molar-refractivity contribution is -0.274. The molecule has 0 saturated carbocycles. The lowest BCUT2D eigenvalue weighted by Gasteiger charge is -2.40. The molecule has 1 aromatic carbocycles. The summed E-state index contributed by atoms with van der Waals surface area (Å²) >= 11 is 0. The normalized spacial score (nSPS) is 21.1. The predicted octanol–water partition coefficient (Wildman–Crippen LogP) is 2.57. The Kier molecular flexibility index (Phi) is 5.04. The second-order valence-corrected chi connectivity index (χ2v) is 5.42. The summed E-state index contributed by atoms with van der Waals surface area (Å²) in [5.41, 5.74) is 11.1. The SMILES string of the molecule is N=C(N)N1CCCC(F)(F)C1C(N)=Nc1ccc(OC(F)(F)F)cc1. The predicted molar refractivity (Wildman–Crippen MR) is 81.0 cm³/mol. The van der Waals surface area contributed by atoms with E-state index in [0.717, 1.165) is 29.2 Å². The van der Waals surface area contributed by atoms with Crippen LogP contribution in [0.4, 0.5) is 27.6 Å². The van der Waals surface area contributed by atoms with Crippen molar-refractivity contribution < 1.29 is 26.7 Å². The number of piperidine rings is 1. The zero-order chi connectivity index (χ0) is 18.8. The van der Waals surface area contributed by atoms with Crippen LogP contribution in [0.2, 0.25) is 0 Å². The van der Waals surface area contributed by atoms with Crippen molar-refractivity contribution in [2.45, 2.75) is 31.2 Å². The van der Waals surface area contributed by atoms with E-state index in [1.165, 1.54) is 0 Å². The van der Waals surface area contributed by atoms with Crippen LogP contribution in [0, 0.1) is 5.41 Å². The Morgan fingerprint density at radius 3 is 2.36 bits per heavy atom. The molecule has 1 heterocycles. The van der Waals surface area contributed by atoms with E-state index in [1.807, 2.05) is 0 Å². The quantitative estimate of drug-likeness (QED) is 0.435. The maximum absolute atomic E-state index is 14.2. The van der Waals surface area contributed by atoms with Gasteiger partial charge in [-0.1, -0.05) is 0 Å². The van der Waals surface area contributed by atoms with Crippen molar-refractivity contribution in [3.05, 3.63) is 24.3 Å². The summed E-state index contributed by atoms with van der Waals surface area (Å²) in [5, 5.41) is 7.42.